The summed E-state index contributed by atoms with van der Waals surface area (Å²) >= 11 is 0. The smallest absolute Gasteiger partial charge is 0.255 e. The Morgan fingerprint density at radius 2 is 2.15 bits per heavy atom. The lowest BCUT2D eigenvalue weighted by atomic mass is 10.2. The third-order valence-corrected chi connectivity index (χ3v) is 3.27. The fourth-order valence-electron chi connectivity index (χ4n) is 2.14. The first-order chi connectivity index (χ1) is 9.65. The maximum absolute atomic E-state index is 12.1. The molecule has 0 aliphatic heterocycles. The number of hydrogen-bond acceptors (Lipinski definition) is 3. The number of amides is 1. The minimum atomic E-state index is -0.204. The van der Waals surface area contributed by atoms with E-state index in [1.54, 1.807) is 13.0 Å². The molecule has 0 radical (unpaired) electrons. The number of para-hydroxylation sites is 2. The summed E-state index contributed by atoms with van der Waals surface area (Å²) in [7, 11) is 0. The van der Waals surface area contributed by atoms with Gasteiger partial charge in [-0.1, -0.05) is 12.1 Å². The van der Waals surface area contributed by atoms with E-state index in [4.69, 9.17) is 4.42 Å². The summed E-state index contributed by atoms with van der Waals surface area (Å²) in [5.74, 6) is 1.18. The highest BCUT2D eigenvalue weighted by molar-refractivity contribution is 5.95. The van der Waals surface area contributed by atoms with Crippen LogP contribution in [0.3, 0.4) is 0 Å². The number of H-pyrrole nitrogens is 1. The predicted molar refractivity (Wildman–Crippen MR) is 75.4 cm³/mol. The van der Waals surface area contributed by atoms with Crippen molar-refractivity contribution in [2.75, 3.05) is 0 Å². The molecule has 2 aromatic heterocycles. The molecule has 0 saturated heterocycles. The predicted octanol–water partition coefficient (Wildman–Crippen LogP) is 2.96. The van der Waals surface area contributed by atoms with Gasteiger partial charge >= 0.3 is 0 Å². The Kier molecular flexibility index (Phi) is 3.02. The molecule has 0 bridgehead atoms. The van der Waals surface area contributed by atoms with Crippen molar-refractivity contribution < 1.29 is 9.21 Å². The summed E-state index contributed by atoms with van der Waals surface area (Å²) in [6, 6.07) is 9.23. The maximum Gasteiger partial charge on any atom is 0.255 e. The molecule has 2 heterocycles. The Morgan fingerprint density at radius 3 is 2.85 bits per heavy atom. The number of rotatable bonds is 3. The van der Waals surface area contributed by atoms with Crippen LogP contribution in [0.5, 0.6) is 0 Å². The van der Waals surface area contributed by atoms with Gasteiger partial charge in [-0.15, -0.1) is 0 Å². The van der Waals surface area contributed by atoms with Crippen LogP contribution in [0.25, 0.3) is 11.0 Å². The summed E-state index contributed by atoms with van der Waals surface area (Å²) in [6.45, 7) is 3.66. The van der Waals surface area contributed by atoms with Gasteiger partial charge in [0.05, 0.1) is 28.9 Å². The monoisotopic (exact) mass is 269 g/mol. The van der Waals surface area contributed by atoms with E-state index in [2.05, 4.69) is 15.3 Å². The van der Waals surface area contributed by atoms with Crippen LogP contribution in [0.1, 0.15) is 34.9 Å². The van der Waals surface area contributed by atoms with Gasteiger partial charge in [0.1, 0.15) is 11.6 Å². The molecule has 2 N–H and O–H groups in total. The van der Waals surface area contributed by atoms with Gasteiger partial charge in [0.25, 0.3) is 5.91 Å². The number of carbonyl (C=O) groups excluding carboxylic acids is 1. The molecule has 0 aliphatic carbocycles. The van der Waals surface area contributed by atoms with Crippen molar-refractivity contribution in [1.29, 1.82) is 0 Å². The molecule has 1 unspecified atom stereocenters. The van der Waals surface area contributed by atoms with Crippen LogP contribution >= 0.6 is 0 Å². The van der Waals surface area contributed by atoms with Gasteiger partial charge in [0, 0.05) is 0 Å². The van der Waals surface area contributed by atoms with E-state index in [1.165, 1.54) is 6.26 Å². The Labute approximate surface area is 116 Å². The van der Waals surface area contributed by atoms with Gasteiger partial charge in [0.2, 0.25) is 0 Å². The number of benzene rings is 1. The van der Waals surface area contributed by atoms with Crippen LogP contribution in [0.2, 0.25) is 0 Å². The molecular weight excluding hydrogens is 254 g/mol. The highest BCUT2D eigenvalue weighted by Gasteiger charge is 2.17. The Hall–Kier alpha value is -2.56. The summed E-state index contributed by atoms with van der Waals surface area (Å²) in [6.07, 6.45) is 1.51. The Balaban J connectivity index is 1.80. The van der Waals surface area contributed by atoms with Crippen molar-refractivity contribution in [1.82, 2.24) is 15.3 Å². The third-order valence-electron chi connectivity index (χ3n) is 3.27. The molecule has 102 valence electrons. The number of imidazole rings is 1. The number of carbonyl (C=O) groups is 1. The molecule has 0 fully saturated rings. The summed E-state index contributed by atoms with van der Waals surface area (Å²) < 4.78 is 5.14. The number of aromatic amines is 1. The van der Waals surface area contributed by atoms with E-state index >= 15 is 0 Å². The third kappa shape index (κ3) is 2.18. The van der Waals surface area contributed by atoms with Crippen molar-refractivity contribution in [3.63, 3.8) is 0 Å². The number of hydrogen-bond donors (Lipinski definition) is 2. The average molecular weight is 269 g/mol. The van der Waals surface area contributed by atoms with Crippen LogP contribution in [-0.4, -0.2) is 15.9 Å². The zero-order chi connectivity index (χ0) is 14.1. The lowest BCUT2D eigenvalue weighted by molar-refractivity contribution is 0.0937. The second-order valence-corrected chi connectivity index (χ2v) is 4.72. The molecule has 3 rings (SSSR count). The Bertz CT molecular complexity index is 724. The minimum absolute atomic E-state index is 0.163. The summed E-state index contributed by atoms with van der Waals surface area (Å²) in [5.41, 5.74) is 2.40. The molecule has 1 amide bonds. The van der Waals surface area contributed by atoms with E-state index in [0.717, 1.165) is 16.9 Å². The van der Waals surface area contributed by atoms with Crippen molar-refractivity contribution in [3.8, 4) is 0 Å². The highest BCUT2D eigenvalue weighted by Crippen LogP contribution is 2.16. The van der Waals surface area contributed by atoms with Crippen LogP contribution in [0.4, 0.5) is 0 Å². The van der Waals surface area contributed by atoms with E-state index in [-0.39, 0.29) is 11.9 Å². The van der Waals surface area contributed by atoms with Crippen molar-refractivity contribution in [2.45, 2.75) is 19.9 Å². The molecule has 1 atom stereocenters. The second-order valence-electron chi connectivity index (χ2n) is 4.72. The molecule has 0 saturated carbocycles. The first-order valence-electron chi connectivity index (χ1n) is 6.45. The lowest BCUT2D eigenvalue weighted by Crippen LogP contribution is -2.27. The summed E-state index contributed by atoms with van der Waals surface area (Å²) in [4.78, 5) is 19.8. The summed E-state index contributed by atoms with van der Waals surface area (Å²) in [5, 5.41) is 2.91. The van der Waals surface area contributed by atoms with Gasteiger partial charge in [-0.3, -0.25) is 4.79 Å². The van der Waals surface area contributed by atoms with Gasteiger partial charge < -0.3 is 14.7 Å². The largest absolute Gasteiger partial charge is 0.469 e. The zero-order valence-electron chi connectivity index (χ0n) is 11.3. The zero-order valence-corrected chi connectivity index (χ0v) is 11.3. The van der Waals surface area contributed by atoms with Crippen molar-refractivity contribution >= 4 is 16.9 Å². The van der Waals surface area contributed by atoms with Crippen molar-refractivity contribution in [2.24, 2.45) is 0 Å². The number of aryl methyl sites for hydroxylation is 1. The number of nitrogens with zero attached hydrogens (tertiary/aromatic N) is 1. The van der Waals surface area contributed by atoms with Gasteiger partial charge in [-0.2, -0.15) is 0 Å². The highest BCUT2D eigenvalue weighted by atomic mass is 16.3. The molecule has 3 aromatic rings. The number of nitrogens with one attached hydrogen (secondary N) is 2. The number of aromatic nitrogens is 2. The fourth-order valence-corrected chi connectivity index (χ4v) is 2.14. The van der Waals surface area contributed by atoms with E-state index in [9.17, 15) is 4.79 Å². The number of furan rings is 1. The Morgan fingerprint density at radius 1 is 1.35 bits per heavy atom. The van der Waals surface area contributed by atoms with Crippen LogP contribution < -0.4 is 5.32 Å². The van der Waals surface area contributed by atoms with Crippen LogP contribution in [-0.2, 0) is 0 Å². The molecule has 5 nitrogen and oxygen atoms in total. The quantitative estimate of drug-likeness (QED) is 0.768. The molecule has 0 aliphatic rings. The minimum Gasteiger partial charge on any atom is -0.469 e. The SMILES string of the molecule is Cc1occc1C(=O)NC(C)c1nc2ccccc2[nH]1. The second kappa shape index (κ2) is 4.85. The molecular formula is C15H15N3O2. The lowest BCUT2D eigenvalue weighted by Gasteiger charge is -2.10. The molecule has 20 heavy (non-hydrogen) atoms. The van der Waals surface area contributed by atoms with Gasteiger partial charge in [-0.25, -0.2) is 4.98 Å². The number of fused-ring (bicyclic) bond motifs is 1. The van der Waals surface area contributed by atoms with E-state index in [0.29, 0.717) is 11.3 Å². The van der Waals surface area contributed by atoms with Gasteiger partial charge in [0.15, 0.2) is 0 Å². The topological polar surface area (TPSA) is 70.9 Å². The fraction of sp³-hybridized carbons (Fsp3) is 0.200. The standard InChI is InChI=1S/C15H15N3O2/c1-9(16-15(19)11-7-8-20-10(11)2)14-17-12-5-3-4-6-13(12)18-14/h3-9H,1-2H3,(H,16,19)(H,17,18). The first-order valence-corrected chi connectivity index (χ1v) is 6.45. The van der Waals surface area contributed by atoms with E-state index in [1.807, 2.05) is 31.2 Å². The van der Waals surface area contributed by atoms with Gasteiger partial charge in [-0.05, 0) is 32.0 Å². The first kappa shape index (κ1) is 12.5. The van der Waals surface area contributed by atoms with Crippen molar-refractivity contribution in [3.05, 3.63) is 53.7 Å². The maximum atomic E-state index is 12.1. The molecule has 5 heteroatoms. The van der Waals surface area contributed by atoms with Crippen LogP contribution in [0, 0.1) is 6.92 Å². The average Bonchev–Trinajstić information content (AvgIpc) is 3.04. The van der Waals surface area contributed by atoms with E-state index < -0.39 is 0 Å². The van der Waals surface area contributed by atoms with Crippen LogP contribution in [0.15, 0.2) is 41.0 Å². The molecule has 0 spiro atoms. The molecule has 1 aromatic carbocycles. The normalized spacial score (nSPS) is 12.5.